The van der Waals surface area contributed by atoms with Crippen molar-refractivity contribution in [2.45, 2.75) is 51.3 Å². The van der Waals surface area contributed by atoms with Crippen molar-refractivity contribution in [3.63, 3.8) is 0 Å². The third kappa shape index (κ3) is 5.12. The average Bonchev–Trinajstić information content (AvgIpc) is 2.88. The van der Waals surface area contributed by atoms with Crippen molar-refractivity contribution in [3.05, 3.63) is 59.2 Å². The molecule has 2 atom stereocenters. The van der Waals surface area contributed by atoms with E-state index in [0.29, 0.717) is 11.3 Å². The van der Waals surface area contributed by atoms with E-state index >= 15 is 0 Å². The van der Waals surface area contributed by atoms with Crippen LogP contribution in [-0.4, -0.2) is 45.1 Å². The number of hydrogen-bond donors (Lipinski definition) is 0. The summed E-state index contributed by atoms with van der Waals surface area (Å²) in [6.07, 6.45) is 4.40. The number of benzene rings is 2. The fourth-order valence-corrected chi connectivity index (χ4v) is 5.74. The molecule has 1 heterocycles. The van der Waals surface area contributed by atoms with Gasteiger partial charge in [0.05, 0.1) is 25.2 Å². The van der Waals surface area contributed by atoms with Crippen molar-refractivity contribution < 1.29 is 27.4 Å². The molecule has 2 aromatic rings. The van der Waals surface area contributed by atoms with Crippen LogP contribution >= 0.6 is 0 Å². The number of fused-ring (bicyclic) bond motifs is 1. The molecule has 0 saturated heterocycles. The van der Waals surface area contributed by atoms with Crippen LogP contribution < -0.4 is 4.74 Å². The summed E-state index contributed by atoms with van der Waals surface area (Å²) in [4.78, 5) is 12.6. The number of carbonyl (C=O) groups is 1. The van der Waals surface area contributed by atoms with Gasteiger partial charge in [-0.2, -0.15) is 4.31 Å². The van der Waals surface area contributed by atoms with Gasteiger partial charge in [-0.15, -0.1) is 6.42 Å². The molecule has 0 amide bonds. The van der Waals surface area contributed by atoms with Crippen LogP contribution in [0.5, 0.6) is 5.75 Å². The van der Waals surface area contributed by atoms with Crippen LogP contribution in [0.3, 0.4) is 0 Å². The van der Waals surface area contributed by atoms with Crippen molar-refractivity contribution in [2.75, 3.05) is 20.3 Å². The first kappa shape index (κ1) is 25.8. The number of esters is 1. The molecule has 0 radical (unpaired) electrons. The number of para-hydroxylation sites is 1. The first-order chi connectivity index (χ1) is 16.0. The lowest BCUT2D eigenvalue weighted by Crippen LogP contribution is -2.36. The molecule has 182 valence electrons. The summed E-state index contributed by atoms with van der Waals surface area (Å²) in [5.74, 6) is 2.36. The van der Waals surface area contributed by atoms with E-state index in [1.807, 2.05) is 32.0 Å². The molecule has 2 aromatic carbocycles. The highest BCUT2D eigenvalue weighted by Gasteiger charge is 2.40. The highest BCUT2D eigenvalue weighted by molar-refractivity contribution is 7.89. The number of terminal acetylenes is 1. The predicted octanol–water partition coefficient (Wildman–Crippen LogP) is 3.86. The van der Waals surface area contributed by atoms with Crippen molar-refractivity contribution >= 4 is 16.0 Å². The zero-order valence-electron chi connectivity index (χ0n) is 20.2. The molecular formula is C26H31NO6S. The van der Waals surface area contributed by atoms with Crippen LogP contribution in [-0.2, 0) is 30.8 Å². The van der Waals surface area contributed by atoms with E-state index in [4.69, 9.17) is 20.6 Å². The zero-order valence-corrected chi connectivity index (χ0v) is 21.0. The highest BCUT2D eigenvalue weighted by Crippen LogP contribution is 2.39. The van der Waals surface area contributed by atoms with Gasteiger partial charge in [-0.3, -0.25) is 4.79 Å². The number of carbonyl (C=O) groups excluding carboxylic acids is 1. The Morgan fingerprint density at radius 1 is 1.29 bits per heavy atom. The van der Waals surface area contributed by atoms with Gasteiger partial charge in [0.1, 0.15) is 23.4 Å². The van der Waals surface area contributed by atoms with Gasteiger partial charge in [-0.25, -0.2) is 8.42 Å². The van der Waals surface area contributed by atoms with Crippen LogP contribution in [0, 0.1) is 24.7 Å². The maximum Gasteiger partial charge on any atom is 0.314 e. The minimum absolute atomic E-state index is 0.0143. The SMILES string of the molecule is C#CCO[C@H](c1ccc(C)c(CN2C[C@@H](C)Oc3ccccc3S2(=O)=O)c1)C(C)(C)C(=O)OC. The van der Waals surface area contributed by atoms with E-state index in [9.17, 15) is 13.2 Å². The third-order valence-corrected chi connectivity index (χ3v) is 7.83. The van der Waals surface area contributed by atoms with E-state index in [0.717, 1.165) is 11.1 Å². The average molecular weight is 486 g/mol. The number of methoxy groups -OCH3 is 1. The minimum Gasteiger partial charge on any atom is -0.488 e. The lowest BCUT2D eigenvalue weighted by atomic mass is 9.81. The van der Waals surface area contributed by atoms with E-state index in [1.165, 1.54) is 11.4 Å². The molecule has 8 heteroatoms. The minimum atomic E-state index is -3.78. The van der Waals surface area contributed by atoms with E-state index in [-0.39, 0.29) is 30.7 Å². The number of ether oxygens (including phenoxy) is 3. The van der Waals surface area contributed by atoms with Crippen molar-refractivity contribution in [3.8, 4) is 18.1 Å². The third-order valence-electron chi connectivity index (χ3n) is 5.98. The maximum atomic E-state index is 13.5. The molecule has 0 aliphatic carbocycles. The van der Waals surface area contributed by atoms with Gasteiger partial charge in [0.25, 0.3) is 0 Å². The summed E-state index contributed by atoms with van der Waals surface area (Å²) in [5, 5.41) is 0. The van der Waals surface area contributed by atoms with Crippen LogP contribution in [0.25, 0.3) is 0 Å². The Hall–Kier alpha value is -2.86. The predicted molar refractivity (Wildman–Crippen MR) is 129 cm³/mol. The number of sulfonamides is 1. The van der Waals surface area contributed by atoms with Gasteiger partial charge >= 0.3 is 5.97 Å². The van der Waals surface area contributed by atoms with E-state index in [1.54, 1.807) is 38.1 Å². The molecular weight excluding hydrogens is 454 g/mol. The van der Waals surface area contributed by atoms with Gasteiger partial charge in [-0.05, 0) is 56.5 Å². The highest BCUT2D eigenvalue weighted by atomic mass is 32.2. The molecule has 0 aromatic heterocycles. The second kappa shape index (κ2) is 10.2. The largest absolute Gasteiger partial charge is 0.488 e. The Morgan fingerprint density at radius 2 is 2.00 bits per heavy atom. The Bertz CT molecular complexity index is 1200. The van der Waals surface area contributed by atoms with Crippen molar-refractivity contribution in [1.82, 2.24) is 4.31 Å². The Labute approximate surface area is 202 Å². The molecule has 0 N–H and O–H groups in total. The van der Waals surface area contributed by atoms with Gasteiger partial charge in [0.15, 0.2) is 0 Å². The molecule has 0 bridgehead atoms. The van der Waals surface area contributed by atoms with Gasteiger partial charge in [-0.1, -0.05) is 36.3 Å². The fraction of sp³-hybridized carbons (Fsp3) is 0.423. The second-order valence-corrected chi connectivity index (χ2v) is 10.9. The topological polar surface area (TPSA) is 82.1 Å². The molecule has 3 rings (SSSR count). The molecule has 1 aliphatic rings. The standard InChI is InChI=1S/C26H31NO6S/c1-7-14-32-24(26(4,5)25(28)31-6)20-13-12-18(2)21(15-20)17-27-16-19(3)33-22-10-8-9-11-23(22)34(27,29)30/h1,8-13,15,19,24H,14,16-17H2,2-6H3/t19-,24-/m1/s1. The fourth-order valence-electron chi connectivity index (χ4n) is 4.13. The monoisotopic (exact) mass is 485 g/mol. The second-order valence-electron chi connectivity index (χ2n) is 8.97. The summed E-state index contributed by atoms with van der Waals surface area (Å²) in [6, 6.07) is 12.3. The quantitative estimate of drug-likeness (QED) is 0.438. The van der Waals surface area contributed by atoms with Gasteiger partial charge in [0.2, 0.25) is 10.0 Å². The Balaban J connectivity index is 2.02. The lowest BCUT2D eigenvalue weighted by Gasteiger charge is -2.32. The van der Waals surface area contributed by atoms with E-state index in [2.05, 4.69) is 5.92 Å². The number of nitrogens with zero attached hydrogens (tertiary/aromatic N) is 1. The molecule has 1 aliphatic heterocycles. The molecule has 34 heavy (non-hydrogen) atoms. The summed E-state index contributed by atoms with van der Waals surface area (Å²) in [6.45, 7) is 7.58. The van der Waals surface area contributed by atoms with Crippen LogP contribution in [0.4, 0.5) is 0 Å². The molecule has 7 nitrogen and oxygen atoms in total. The van der Waals surface area contributed by atoms with Gasteiger partial charge in [0, 0.05) is 6.54 Å². The normalized spacial score (nSPS) is 18.6. The van der Waals surface area contributed by atoms with Gasteiger partial charge < -0.3 is 14.2 Å². The summed E-state index contributed by atoms with van der Waals surface area (Å²) >= 11 is 0. The molecule has 0 unspecified atom stereocenters. The Kier molecular flexibility index (Phi) is 7.71. The number of rotatable bonds is 7. The lowest BCUT2D eigenvalue weighted by molar-refractivity contribution is -0.160. The summed E-state index contributed by atoms with van der Waals surface area (Å²) in [5.41, 5.74) is 1.40. The smallest absolute Gasteiger partial charge is 0.314 e. The summed E-state index contributed by atoms with van der Waals surface area (Å²) < 4.78 is 45.1. The van der Waals surface area contributed by atoms with Crippen LogP contribution in [0.15, 0.2) is 47.4 Å². The molecule has 0 fully saturated rings. The molecule has 0 spiro atoms. The first-order valence-corrected chi connectivity index (χ1v) is 12.4. The number of aryl methyl sites for hydroxylation is 1. The maximum absolute atomic E-state index is 13.5. The van der Waals surface area contributed by atoms with Crippen LogP contribution in [0.1, 0.15) is 43.6 Å². The van der Waals surface area contributed by atoms with Crippen molar-refractivity contribution in [1.29, 1.82) is 0 Å². The first-order valence-electron chi connectivity index (χ1n) is 11.0. The zero-order chi connectivity index (χ0) is 25.1. The summed E-state index contributed by atoms with van der Waals surface area (Å²) in [7, 11) is -2.46. The Morgan fingerprint density at radius 3 is 2.68 bits per heavy atom. The number of hydrogen-bond acceptors (Lipinski definition) is 6. The van der Waals surface area contributed by atoms with Crippen LogP contribution in [0.2, 0.25) is 0 Å². The van der Waals surface area contributed by atoms with Crippen molar-refractivity contribution in [2.24, 2.45) is 5.41 Å². The van der Waals surface area contributed by atoms with E-state index < -0.39 is 27.5 Å². The molecule has 0 saturated carbocycles.